The number of carbonyl (C=O) groups excluding carboxylic acids is 1. The quantitative estimate of drug-likeness (QED) is 0.270. The molecule has 1 unspecified atom stereocenters. The number of amides is 1. The molecule has 2 heterocycles. The molecule has 1 aromatic heterocycles. The fourth-order valence-corrected chi connectivity index (χ4v) is 5.28. The lowest BCUT2D eigenvalue weighted by Crippen LogP contribution is -2.31. The lowest BCUT2D eigenvalue weighted by Gasteiger charge is -2.28. The number of anilines is 2. The number of carbonyl (C=O) groups is 1. The lowest BCUT2D eigenvalue weighted by atomic mass is 9.95. The Morgan fingerprint density at radius 1 is 1.16 bits per heavy atom. The van der Waals surface area contributed by atoms with Crippen molar-refractivity contribution < 1.29 is 13.9 Å². The Bertz CT molecular complexity index is 1510. The minimum absolute atomic E-state index is 0.366. The second-order valence-corrected chi connectivity index (χ2v) is 9.67. The van der Waals surface area contributed by atoms with Gasteiger partial charge in [-0.05, 0) is 48.4 Å². The van der Waals surface area contributed by atoms with Crippen molar-refractivity contribution in [3.8, 4) is 5.75 Å². The van der Waals surface area contributed by atoms with Crippen molar-refractivity contribution in [3.05, 3.63) is 106 Å². The van der Waals surface area contributed by atoms with Crippen LogP contribution in [0.2, 0.25) is 5.02 Å². The van der Waals surface area contributed by atoms with Gasteiger partial charge in [-0.3, -0.25) is 4.79 Å². The molecule has 7 nitrogen and oxygen atoms in total. The summed E-state index contributed by atoms with van der Waals surface area (Å²) < 4.78 is 21.3. The van der Waals surface area contributed by atoms with Gasteiger partial charge in [-0.2, -0.15) is 4.98 Å². The molecule has 3 aromatic carbocycles. The second-order valence-electron chi connectivity index (χ2n) is 8.32. The highest BCUT2D eigenvalue weighted by Crippen LogP contribution is 2.38. The van der Waals surface area contributed by atoms with Crippen LogP contribution in [-0.2, 0) is 10.5 Å². The minimum atomic E-state index is -0.705. The number of thioether (sulfide) groups is 1. The van der Waals surface area contributed by atoms with Gasteiger partial charge in [-0.1, -0.05) is 65.8 Å². The van der Waals surface area contributed by atoms with Gasteiger partial charge in [0.05, 0.1) is 18.4 Å². The molecule has 10 heteroatoms. The van der Waals surface area contributed by atoms with Gasteiger partial charge in [-0.25, -0.2) is 9.07 Å². The van der Waals surface area contributed by atoms with Crippen LogP contribution in [0, 0.1) is 5.82 Å². The van der Waals surface area contributed by atoms with E-state index in [0.717, 1.165) is 5.56 Å². The molecule has 0 bridgehead atoms. The molecular weight excluding hydrogens is 513 g/mol. The van der Waals surface area contributed by atoms with Crippen LogP contribution in [0.4, 0.5) is 16.0 Å². The number of nitrogens with one attached hydrogen (secondary N) is 2. The van der Waals surface area contributed by atoms with E-state index >= 15 is 0 Å². The first kappa shape index (κ1) is 24.9. The topological polar surface area (TPSA) is 81.1 Å². The molecule has 0 radical (unpaired) electrons. The van der Waals surface area contributed by atoms with Crippen LogP contribution in [0.1, 0.15) is 24.1 Å². The van der Waals surface area contributed by atoms with Gasteiger partial charge in [0.2, 0.25) is 11.1 Å². The fraction of sp³-hybridized carbons (Fsp3) is 0.148. The third kappa shape index (κ3) is 5.19. The normalized spacial score (nSPS) is 14.6. The van der Waals surface area contributed by atoms with Gasteiger partial charge >= 0.3 is 0 Å². The summed E-state index contributed by atoms with van der Waals surface area (Å²) in [4.78, 5) is 18.3. The Balaban J connectivity index is 1.51. The molecule has 188 valence electrons. The zero-order valence-corrected chi connectivity index (χ0v) is 21.6. The monoisotopic (exact) mass is 535 g/mol. The molecule has 1 atom stereocenters. The number of allylic oxidation sites excluding steroid dienone is 1. The van der Waals surface area contributed by atoms with Gasteiger partial charge < -0.3 is 15.4 Å². The second kappa shape index (κ2) is 10.7. The Morgan fingerprint density at radius 3 is 2.73 bits per heavy atom. The number of methoxy groups -OCH3 is 1. The lowest BCUT2D eigenvalue weighted by molar-refractivity contribution is -0.113. The minimum Gasteiger partial charge on any atom is -0.495 e. The van der Waals surface area contributed by atoms with Gasteiger partial charge in [0.25, 0.3) is 5.91 Å². The van der Waals surface area contributed by atoms with Crippen molar-refractivity contribution in [1.29, 1.82) is 0 Å². The molecule has 1 amide bonds. The highest BCUT2D eigenvalue weighted by atomic mass is 35.5. The zero-order valence-electron chi connectivity index (χ0n) is 20.0. The molecule has 0 fully saturated rings. The summed E-state index contributed by atoms with van der Waals surface area (Å²) in [6.45, 7) is 1.79. The Labute approximate surface area is 222 Å². The van der Waals surface area contributed by atoms with Gasteiger partial charge in [0.1, 0.15) is 17.6 Å². The van der Waals surface area contributed by atoms with Crippen LogP contribution in [-0.4, -0.2) is 27.8 Å². The first-order valence-electron chi connectivity index (χ1n) is 11.4. The van der Waals surface area contributed by atoms with Crippen molar-refractivity contribution in [1.82, 2.24) is 14.8 Å². The van der Waals surface area contributed by atoms with E-state index in [1.54, 1.807) is 41.9 Å². The summed E-state index contributed by atoms with van der Waals surface area (Å²) in [6, 6.07) is 20.2. The number of nitrogens with zero attached hydrogens (tertiary/aromatic N) is 3. The van der Waals surface area contributed by atoms with Gasteiger partial charge in [-0.15, -0.1) is 5.10 Å². The number of hydrogen-bond donors (Lipinski definition) is 2. The van der Waals surface area contributed by atoms with Crippen molar-refractivity contribution >= 4 is 40.9 Å². The summed E-state index contributed by atoms with van der Waals surface area (Å²) in [5, 5.41) is 12.0. The summed E-state index contributed by atoms with van der Waals surface area (Å²) in [7, 11) is 1.54. The van der Waals surface area contributed by atoms with E-state index in [1.165, 1.54) is 31.0 Å². The van der Waals surface area contributed by atoms with E-state index in [-0.39, 0.29) is 5.91 Å². The van der Waals surface area contributed by atoms with E-state index in [1.807, 2.05) is 30.3 Å². The van der Waals surface area contributed by atoms with E-state index < -0.39 is 11.9 Å². The molecule has 37 heavy (non-hydrogen) atoms. The average molecular weight is 536 g/mol. The number of hydrogen-bond acceptors (Lipinski definition) is 6. The van der Waals surface area contributed by atoms with Crippen LogP contribution in [0.5, 0.6) is 5.75 Å². The maximum absolute atomic E-state index is 14.3. The summed E-state index contributed by atoms with van der Waals surface area (Å²) in [5.41, 5.74) is 3.03. The molecule has 5 rings (SSSR count). The maximum Gasteiger partial charge on any atom is 0.255 e. The number of aromatic nitrogens is 3. The van der Waals surface area contributed by atoms with E-state index in [4.69, 9.17) is 21.4 Å². The molecular formula is C27H23ClFN5O2S. The first-order valence-corrected chi connectivity index (χ1v) is 12.8. The number of halogens is 2. The molecule has 0 saturated heterocycles. The van der Waals surface area contributed by atoms with Crippen LogP contribution in [0.25, 0.3) is 0 Å². The van der Waals surface area contributed by atoms with Crippen molar-refractivity contribution in [2.45, 2.75) is 23.9 Å². The smallest absolute Gasteiger partial charge is 0.255 e. The Morgan fingerprint density at radius 2 is 1.95 bits per heavy atom. The maximum atomic E-state index is 14.3. The number of para-hydroxylation sites is 2. The average Bonchev–Trinajstić information content (AvgIpc) is 3.30. The molecule has 1 aliphatic heterocycles. The largest absolute Gasteiger partial charge is 0.495 e. The zero-order chi connectivity index (χ0) is 25.9. The highest BCUT2D eigenvalue weighted by Gasteiger charge is 2.35. The van der Waals surface area contributed by atoms with E-state index in [2.05, 4.69) is 15.6 Å². The SMILES string of the molecule is COc1ccccc1NC(=O)C1=C(C)Nc2nc(SCc3ccccc3Cl)nn2C1c1cccc(F)c1. The third-order valence-corrected chi connectivity index (χ3v) is 7.17. The standard InChI is InChI=1S/C27H23ClFN5O2S/c1-16-23(25(35)31-21-12-5-6-13-22(21)36-2)24(17-9-7-10-19(29)14-17)34-26(30-16)32-27(33-34)37-15-18-8-3-4-11-20(18)28/h3-14,24H,15H2,1-2H3,(H,31,35)(H,30,32,33). The molecule has 2 N–H and O–H groups in total. The molecule has 0 aliphatic carbocycles. The molecule has 0 saturated carbocycles. The van der Waals surface area contributed by atoms with Crippen LogP contribution < -0.4 is 15.4 Å². The summed E-state index contributed by atoms with van der Waals surface area (Å²) >= 11 is 7.73. The Kier molecular flexibility index (Phi) is 7.16. The van der Waals surface area contributed by atoms with E-state index in [0.29, 0.717) is 50.2 Å². The summed E-state index contributed by atoms with van der Waals surface area (Å²) in [5.74, 6) is 0.784. The Hall–Kier alpha value is -3.82. The summed E-state index contributed by atoms with van der Waals surface area (Å²) in [6.07, 6.45) is 0. The predicted octanol–water partition coefficient (Wildman–Crippen LogP) is 6.30. The first-order chi connectivity index (χ1) is 17.9. The predicted molar refractivity (Wildman–Crippen MR) is 144 cm³/mol. The fourth-order valence-electron chi connectivity index (χ4n) is 4.17. The van der Waals surface area contributed by atoms with Gasteiger partial charge in [0.15, 0.2) is 0 Å². The van der Waals surface area contributed by atoms with Crippen LogP contribution in [0.15, 0.2) is 89.2 Å². The van der Waals surface area contributed by atoms with Crippen molar-refractivity contribution in [2.24, 2.45) is 0 Å². The number of ether oxygens (including phenoxy) is 1. The van der Waals surface area contributed by atoms with Crippen LogP contribution >= 0.6 is 23.4 Å². The number of benzene rings is 3. The molecule has 0 spiro atoms. The number of rotatable bonds is 7. The van der Waals surface area contributed by atoms with E-state index in [9.17, 15) is 9.18 Å². The van der Waals surface area contributed by atoms with Gasteiger partial charge in [0, 0.05) is 16.5 Å². The number of fused-ring (bicyclic) bond motifs is 1. The van der Waals surface area contributed by atoms with Crippen molar-refractivity contribution in [3.63, 3.8) is 0 Å². The third-order valence-electron chi connectivity index (χ3n) is 5.91. The van der Waals surface area contributed by atoms with Crippen molar-refractivity contribution in [2.75, 3.05) is 17.7 Å². The highest BCUT2D eigenvalue weighted by molar-refractivity contribution is 7.98. The molecule has 1 aliphatic rings. The van der Waals surface area contributed by atoms with Crippen LogP contribution in [0.3, 0.4) is 0 Å². The molecule has 4 aromatic rings.